The van der Waals surface area contributed by atoms with Crippen LogP contribution >= 0.6 is 0 Å². The maximum Gasteiger partial charge on any atom is 0.426 e. The first-order chi connectivity index (χ1) is 16.9. The van der Waals surface area contributed by atoms with Gasteiger partial charge in [-0.2, -0.15) is 0 Å². The molecule has 0 saturated heterocycles. The van der Waals surface area contributed by atoms with E-state index in [0.29, 0.717) is 5.56 Å². The number of esters is 2. The monoisotopic (exact) mass is 479 g/mol. The molecule has 2 aromatic carbocycles. The smallest absolute Gasteiger partial charge is 0.426 e. The molecular formula is C25H25N3O7. The predicted octanol–water partition coefficient (Wildman–Crippen LogP) is 2.70. The van der Waals surface area contributed by atoms with E-state index >= 15 is 0 Å². The number of benzene rings is 2. The minimum absolute atomic E-state index is 0.0213. The standard InChI is InChI=1S/C25H25N3O7/c1-4-33-21(29)19-16(2)28(27-24(31)34-15-17-11-7-5-8-12-17)22-25(19,23(30)32-3)26-20(35-22)18-13-9-6-10-14-18/h5-14,22H,4,15H2,1-3H3,(H,27,31). The van der Waals surface area contributed by atoms with Crippen LogP contribution in [0.25, 0.3) is 0 Å². The van der Waals surface area contributed by atoms with Gasteiger partial charge in [0.25, 0.3) is 5.54 Å². The molecule has 0 fully saturated rings. The number of hydrazine groups is 1. The SMILES string of the molecule is CCOC(=O)C1=C(C)N(NC(=O)OCc2ccccc2)C2OC(c3ccccc3)=NC12C(=O)OC. The first-order valence-corrected chi connectivity index (χ1v) is 11.0. The van der Waals surface area contributed by atoms with Crippen LogP contribution in [0.15, 0.2) is 76.9 Å². The van der Waals surface area contributed by atoms with Crippen molar-refractivity contribution in [3.8, 4) is 0 Å². The molecule has 2 aliphatic heterocycles. The number of methoxy groups -OCH3 is 1. The lowest BCUT2D eigenvalue weighted by Gasteiger charge is -2.30. The molecule has 182 valence electrons. The molecular weight excluding hydrogens is 454 g/mol. The Bertz CT molecular complexity index is 1180. The van der Waals surface area contributed by atoms with Crippen LogP contribution in [0, 0.1) is 0 Å². The highest BCUT2D eigenvalue weighted by Gasteiger charge is 2.67. The molecule has 1 N–H and O–H groups in total. The highest BCUT2D eigenvalue weighted by Crippen LogP contribution is 2.45. The van der Waals surface area contributed by atoms with Crippen LogP contribution < -0.4 is 5.43 Å². The van der Waals surface area contributed by atoms with E-state index in [1.807, 2.05) is 36.4 Å². The Labute approximate surface area is 202 Å². The molecule has 2 heterocycles. The summed E-state index contributed by atoms with van der Waals surface area (Å²) in [5, 5.41) is 1.25. The zero-order valence-corrected chi connectivity index (χ0v) is 19.5. The average Bonchev–Trinajstić information content (AvgIpc) is 3.37. The van der Waals surface area contributed by atoms with E-state index in [1.165, 1.54) is 12.1 Å². The quantitative estimate of drug-likeness (QED) is 0.476. The first-order valence-electron chi connectivity index (χ1n) is 11.0. The topological polar surface area (TPSA) is 116 Å². The Hall–Kier alpha value is -4.34. The summed E-state index contributed by atoms with van der Waals surface area (Å²) in [5.74, 6) is -1.50. The zero-order valence-electron chi connectivity index (χ0n) is 19.5. The molecule has 2 unspecified atom stereocenters. The van der Waals surface area contributed by atoms with Crippen LogP contribution in [-0.2, 0) is 35.1 Å². The summed E-state index contributed by atoms with van der Waals surface area (Å²) in [6.45, 7) is 3.28. The summed E-state index contributed by atoms with van der Waals surface area (Å²) >= 11 is 0. The average molecular weight is 479 g/mol. The Morgan fingerprint density at radius 1 is 1.06 bits per heavy atom. The van der Waals surface area contributed by atoms with Gasteiger partial charge >= 0.3 is 18.0 Å². The minimum atomic E-state index is -1.91. The van der Waals surface area contributed by atoms with E-state index in [9.17, 15) is 14.4 Å². The van der Waals surface area contributed by atoms with Gasteiger partial charge in [-0.15, -0.1) is 0 Å². The van der Waals surface area contributed by atoms with E-state index < -0.39 is 29.8 Å². The van der Waals surface area contributed by atoms with Crippen molar-refractivity contribution in [2.24, 2.45) is 4.99 Å². The fraction of sp³-hybridized carbons (Fsp3) is 0.280. The van der Waals surface area contributed by atoms with E-state index in [-0.39, 0.29) is 30.4 Å². The Morgan fingerprint density at radius 3 is 2.34 bits per heavy atom. The van der Waals surface area contributed by atoms with Crippen molar-refractivity contribution >= 4 is 23.9 Å². The van der Waals surface area contributed by atoms with Crippen molar-refractivity contribution in [3.63, 3.8) is 0 Å². The number of hydrogen-bond donors (Lipinski definition) is 1. The fourth-order valence-corrected chi connectivity index (χ4v) is 4.04. The third kappa shape index (κ3) is 4.30. The maximum absolute atomic E-state index is 13.2. The van der Waals surface area contributed by atoms with Gasteiger partial charge in [0, 0.05) is 11.3 Å². The lowest BCUT2D eigenvalue weighted by atomic mass is 9.90. The van der Waals surface area contributed by atoms with Gasteiger partial charge < -0.3 is 18.9 Å². The van der Waals surface area contributed by atoms with Crippen LogP contribution in [0.2, 0.25) is 0 Å². The predicted molar refractivity (Wildman–Crippen MR) is 124 cm³/mol. The molecule has 0 spiro atoms. The number of ether oxygens (including phenoxy) is 4. The highest BCUT2D eigenvalue weighted by molar-refractivity contribution is 6.08. The third-order valence-electron chi connectivity index (χ3n) is 5.62. The Kier molecular flexibility index (Phi) is 6.72. The second kappa shape index (κ2) is 9.88. The van der Waals surface area contributed by atoms with Crippen LogP contribution in [0.3, 0.4) is 0 Å². The molecule has 0 saturated carbocycles. The summed E-state index contributed by atoms with van der Waals surface area (Å²) < 4.78 is 21.7. The number of aliphatic imine (C=N–C) groups is 1. The number of carbonyl (C=O) groups excluding carboxylic acids is 3. The number of fused-ring (bicyclic) bond motifs is 1. The van der Waals surface area contributed by atoms with Crippen LogP contribution in [0.5, 0.6) is 0 Å². The van der Waals surface area contributed by atoms with Crippen molar-refractivity contribution in [2.75, 3.05) is 13.7 Å². The molecule has 1 amide bonds. The van der Waals surface area contributed by atoms with Crippen LogP contribution in [-0.4, -0.2) is 54.4 Å². The number of allylic oxidation sites excluding steroid dienone is 1. The lowest BCUT2D eigenvalue weighted by Crippen LogP contribution is -2.55. The molecule has 35 heavy (non-hydrogen) atoms. The normalized spacial score (nSPS) is 20.5. The maximum atomic E-state index is 13.2. The number of rotatable bonds is 7. The van der Waals surface area contributed by atoms with Gasteiger partial charge in [-0.1, -0.05) is 48.5 Å². The van der Waals surface area contributed by atoms with Gasteiger partial charge in [-0.3, -0.25) is 0 Å². The summed E-state index contributed by atoms with van der Waals surface area (Å²) in [5.41, 5.74) is 2.15. The molecule has 4 rings (SSSR count). The number of amides is 1. The number of carbonyl (C=O) groups is 3. The lowest BCUT2D eigenvalue weighted by molar-refractivity contribution is -0.153. The van der Waals surface area contributed by atoms with Gasteiger partial charge in [0.2, 0.25) is 12.1 Å². The number of nitrogens with one attached hydrogen (secondary N) is 1. The van der Waals surface area contributed by atoms with E-state index in [1.54, 1.807) is 38.1 Å². The van der Waals surface area contributed by atoms with Crippen molar-refractivity contribution in [2.45, 2.75) is 32.2 Å². The number of hydrogen-bond acceptors (Lipinski definition) is 9. The van der Waals surface area contributed by atoms with Gasteiger partial charge in [-0.05, 0) is 31.5 Å². The van der Waals surface area contributed by atoms with Crippen LogP contribution in [0.4, 0.5) is 4.79 Å². The van der Waals surface area contributed by atoms with Crippen molar-refractivity contribution < 1.29 is 33.3 Å². The Morgan fingerprint density at radius 2 is 1.71 bits per heavy atom. The second-order valence-electron chi connectivity index (χ2n) is 7.74. The summed E-state index contributed by atoms with van der Waals surface area (Å²) in [4.78, 5) is 43.4. The molecule has 10 heteroatoms. The molecule has 0 bridgehead atoms. The summed E-state index contributed by atoms with van der Waals surface area (Å²) in [6.07, 6.45) is -2.05. The first kappa shape index (κ1) is 23.8. The van der Waals surface area contributed by atoms with Gasteiger partial charge in [0.05, 0.1) is 13.7 Å². The largest absolute Gasteiger partial charge is 0.467 e. The molecule has 2 atom stereocenters. The van der Waals surface area contributed by atoms with E-state index in [4.69, 9.17) is 18.9 Å². The molecule has 0 aromatic heterocycles. The van der Waals surface area contributed by atoms with Gasteiger partial charge in [0.1, 0.15) is 12.2 Å². The number of nitrogens with zero attached hydrogens (tertiary/aromatic N) is 2. The van der Waals surface area contributed by atoms with Crippen LogP contribution in [0.1, 0.15) is 25.0 Å². The molecule has 10 nitrogen and oxygen atoms in total. The molecule has 2 aromatic rings. The van der Waals surface area contributed by atoms with Crippen molar-refractivity contribution in [3.05, 3.63) is 83.1 Å². The Balaban J connectivity index is 1.70. The van der Waals surface area contributed by atoms with Crippen molar-refractivity contribution in [1.29, 1.82) is 0 Å². The molecule has 2 aliphatic rings. The van der Waals surface area contributed by atoms with Gasteiger partial charge in [0.15, 0.2) is 0 Å². The van der Waals surface area contributed by atoms with E-state index in [0.717, 1.165) is 5.56 Å². The highest BCUT2D eigenvalue weighted by atomic mass is 16.6. The molecule has 0 radical (unpaired) electrons. The molecule has 0 aliphatic carbocycles. The summed E-state index contributed by atoms with van der Waals surface area (Å²) in [6, 6.07) is 18.0. The fourth-order valence-electron chi connectivity index (χ4n) is 4.04. The third-order valence-corrected chi connectivity index (χ3v) is 5.62. The van der Waals surface area contributed by atoms with Crippen molar-refractivity contribution in [1.82, 2.24) is 10.4 Å². The second-order valence-corrected chi connectivity index (χ2v) is 7.74. The minimum Gasteiger partial charge on any atom is -0.467 e. The van der Waals surface area contributed by atoms with E-state index in [2.05, 4.69) is 10.4 Å². The van der Waals surface area contributed by atoms with Gasteiger partial charge in [-0.25, -0.2) is 29.8 Å². The zero-order chi connectivity index (χ0) is 25.0. The summed E-state index contributed by atoms with van der Waals surface area (Å²) in [7, 11) is 1.19.